The number of hydrogen-bond acceptors (Lipinski definition) is 4. The average molecular weight is 415 g/mol. The van der Waals surface area contributed by atoms with Gasteiger partial charge < -0.3 is 19.2 Å². The van der Waals surface area contributed by atoms with E-state index in [2.05, 4.69) is 15.0 Å². The van der Waals surface area contributed by atoms with Crippen molar-refractivity contribution in [1.29, 1.82) is 0 Å². The van der Waals surface area contributed by atoms with Crippen molar-refractivity contribution >= 4 is 16.9 Å². The molecule has 0 saturated heterocycles. The highest BCUT2D eigenvalue weighted by molar-refractivity contribution is 5.85. The number of carbonyl (C=O) groups excluding carboxylic acids is 1. The van der Waals surface area contributed by atoms with Crippen LogP contribution in [0.25, 0.3) is 11.0 Å². The minimum absolute atomic E-state index is 0.0562. The lowest BCUT2D eigenvalue weighted by Crippen LogP contribution is -2.43. The van der Waals surface area contributed by atoms with Crippen molar-refractivity contribution < 1.29 is 9.53 Å². The molecule has 31 heavy (non-hydrogen) atoms. The van der Waals surface area contributed by atoms with E-state index in [1.807, 2.05) is 71.8 Å². The fraction of sp³-hybridized carbons (Fsp3) is 0.292. The van der Waals surface area contributed by atoms with Crippen molar-refractivity contribution in [3.05, 3.63) is 77.6 Å². The number of nitrogens with zero attached hydrogens (tertiary/aromatic N) is 4. The number of rotatable bonds is 4. The van der Waals surface area contributed by atoms with Crippen LogP contribution >= 0.6 is 0 Å². The van der Waals surface area contributed by atoms with E-state index >= 15 is 0 Å². The molecule has 3 heterocycles. The number of ether oxygens (including phenoxy) is 1. The van der Waals surface area contributed by atoms with E-state index in [1.165, 1.54) is 0 Å². The van der Waals surface area contributed by atoms with Crippen LogP contribution in [0, 0.1) is 6.92 Å². The van der Waals surface area contributed by atoms with E-state index in [0.717, 1.165) is 46.0 Å². The van der Waals surface area contributed by atoms with Gasteiger partial charge in [0.25, 0.3) is 0 Å². The van der Waals surface area contributed by atoms with Gasteiger partial charge in [0, 0.05) is 18.7 Å². The molecule has 7 heteroatoms. The van der Waals surface area contributed by atoms with Gasteiger partial charge in [-0.15, -0.1) is 0 Å². The van der Waals surface area contributed by atoms with Gasteiger partial charge in [-0.1, -0.05) is 24.3 Å². The fourth-order valence-corrected chi connectivity index (χ4v) is 4.64. The van der Waals surface area contributed by atoms with Crippen LogP contribution in [0.1, 0.15) is 41.8 Å². The molecule has 1 aliphatic rings. The number of amides is 1. The van der Waals surface area contributed by atoms with Crippen LogP contribution in [0.3, 0.4) is 0 Å². The number of imidazole rings is 2. The Morgan fingerprint density at radius 3 is 2.74 bits per heavy atom. The third-order valence-electron chi connectivity index (χ3n) is 6.16. The number of methoxy groups -OCH3 is 1. The standard InChI is InChI=1S/C24H25N5O2/c1-15(29-16(2)27-19-6-4-5-7-21(19)29)24(30)28-13-12-20-22(26-14-25-20)23(28)17-8-10-18(31-3)11-9-17/h4-11,14-15,23H,12-13H2,1-3H3,(H,25,26)/t15-,23+/m1/s1. The van der Waals surface area contributed by atoms with Gasteiger partial charge in [-0.25, -0.2) is 9.97 Å². The summed E-state index contributed by atoms with van der Waals surface area (Å²) in [6.07, 6.45) is 2.47. The lowest BCUT2D eigenvalue weighted by molar-refractivity contribution is -0.136. The van der Waals surface area contributed by atoms with Gasteiger partial charge in [0.05, 0.1) is 30.2 Å². The van der Waals surface area contributed by atoms with Gasteiger partial charge in [-0.05, 0) is 43.7 Å². The molecule has 0 aliphatic carbocycles. The predicted molar refractivity (Wildman–Crippen MR) is 118 cm³/mol. The number of aryl methyl sites for hydroxylation is 1. The van der Waals surface area contributed by atoms with Gasteiger partial charge >= 0.3 is 0 Å². The average Bonchev–Trinajstić information content (AvgIpc) is 3.41. The van der Waals surface area contributed by atoms with Crippen molar-refractivity contribution in [3.8, 4) is 5.75 Å². The van der Waals surface area contributed by atoms with Crippen LogP contribution in [-0.2, 0) is 11.2 Å². The molecule has 0 saturated carbocycles. The minimum atomic E-state index is -0.381. The Morgan fingerprint density at radius 1 is 1.19 bits per heavy atom. The number of para-hydroxylation sites is 2. The molecule has 2 atom stereocenters. The van der Waals surface area contributed by atoms with E-state index < -0.39 is 0 Å². The van der Waals surface area contributed by atoms with Crippen molar-refractivity contribution in [2.24, 2.45) is 0 Å². The third-order valence-corrected chi connectivity index (χ3v) is 6.16. The van der Waals surface area contributed by atoms with Crippen molar-refractivity contribution in [2.45, 2.75) is 32.4 Å². The summed E-state index contributed by atoms with van der Waals surface area (Å²) in [4.78, 5) is 28.3. The van der Waals surface area contributed by atoms with E-state index in [0.29, 0.717) is 6.54 Å². The number of carbonyl (C=O) groups is 1. The number of benzene rings is 2. The van der Waals surface area contributed by atoms with Gasteiger partial charge in [-0.2, -0.15) is 0 Å². The summed E-state index contributed by atoms with van der Waals surface area (Å²) >= 11 is 0. The summed E-state index contributed by atoms with van der Waals surface area (Å²) < 4.78 is 7.34. The molecule has 1 aliphatic heterocycles. The van der Waals surface area contributed by atoms with Crippen molar-refractivity contribution in [2.75, 3.05) is 13.7 Å². The van der Waals surface area contributed by atoms with E-state index in [1.54, 1.807) is 13.4 Å². The summed E-state index contributed by atoms with van der Waals surface area (Å²) in [5.41, 5.74) is 4.88. The molecular weight excluding hydrogens is 390 g/mol. The van der Waals surface area contributed by atoms with Crippen LogP contribution in [0.4, 0.5) is 0 Å². The maximum atomic E-state index is 13.8. The molecule has 158 valence electrons. The zero-order valence-corrected chi connectivity index (χ0v) is 17.9. The van der Waals surface area contributed by atoms with Gasteiger partial charge in [0.15, 0.2) is 0 Å². The van der Waals surface area contributed by atoms with Crippen molar-refractivity contribution in [3.63, 3.8) is 0 Å². The Hall–Kier alpha value is -3.61. The maximum Gasteiger partial charge on any atom is 0.246 e. The summed E-state index contributed by atoms with van der Waals surface area (Å²) in [6, 6.07) is 15.2. The molecule has 0 radical (unpaired) electrons. The first-order chi connectivity index (χ1) is 15.1. The van der Waals surface area contributed by atoms with Crippen LogP contribution in [0.15, 0.2) is 54.9 Å². The maximum absolute atomic E-state index is 13.8. The van der Waals surface area contributed by atoms with E-state index in [4.69, 9.17) is 4.74 Å². The molecule has 1 amide bonds. The zero-order chi connectivity index (χ0) is 21.5. The van der Waals surface area contributed by atoms with Crippen LogP contribution in [0.5, 0.6) is 5.75 Å². The summed E-state index contributed by atoms with van der Waals surface area (Å²) in [7, 11) is 1.65. The first kappa shape index (κ1) is 19.4. The highest BCUT2D eigenvalue weighted by atomic mass is 16.5. The van der Waals surface area contributed by atoms with Crippen LogP contribution in [-0.4, -0.2) is 44.0 Å². The summed E-state index contributed by atoms with van der Waals surface area (Å²) in [5, 5.41) is 0. The second-order valence-corrected chi connectivity index (χ2v) is 7.92. The Morgan fingerprint density at radius 2 is 1.97 bits per heavy atom. The molecule has 0 fully saturated rings. The molecule has 5 rings (SSSR count). The molecule has 0 spiro atoms. The van der Waals surface area contributed by atoms with Gasteiger partial charge in [0.2, 0.25) is 5.91 Å². The SMILES string of the molecule is COc1ccc([C@H]2c3nc[nH]c3CCN2C(=O)[C@@H](C)n2c(C)nc3ccccc32)cc1. The molecule has 0 unspecified atom stereocenters. The molecule has 2 aromatic heterocycles. The lowest BCUT2D eigenvalue weighted by Gasteiger charge is -2.37. The molecular formula is C24H25N5O2. The molecule has 1 N–H and O–H groups in total. The number of hydrogen-bond donors (Lipinski definition) is 1. The van der Waals surface area contributed by atoms with Crippen molar-refractivity contribution in [1.82, 2.24) is 24.4 Å². The van der Waals surface area contributed by atoms with E-state index in [9.17, 15) is 4.79 Å². The Balaban J connectivity index is 1.55. The second-order valence-electron chi connectivity index (χ2n) is 7.92. The number of fused-ring (bicyclic) bond motifs is 2. The molecule has 0 bridgehead atoms. The Bertz CT molecular complexity index is 1240. The quantitative estimate of drug-likeness (QED) is 0.550. The topological polar surface area (TPSA) is 76.0 Å². The Labute approximate surface area is 180 Å². The summed E-state index contributed by atoms with van der Waals surface area (Å²) in [6.45, 7) is 4.53. The van der Waals surface area contributed by atoms with Crippen LogP contribution in [0.2, 0.25) is 0 Å². The largest absolute Gasteiger partial charge is 0.497 e. The molecule has 4 aromatic rings. The smallest absolute Gasteiger partial charge is 0.246 e. The van der Waals surface area contributed by atoms with Gasteiger partial charge in [-0.3, -0.25) is 4.79 Å². The first-order valence-electron chi connectivity index (χ1n) is 10.5. The lowest BCUT2D eigenvalue weighted by atomic mass is 9.94. The zero-order valence-electron chi connectivity index (χ0n) is 17.9. The number of H-pyrrole nitrogens is 1. The first-order valence-corrected chi connectivity index (χ1v) is 10.5. The monoisotopic (exact) mass is 415 g/mol. The molecule has 7 nitrogen and oxygen atoms in total. The Kier molecular flexibility index (Phi) is 4.73. The minimum Gasteiger partial charge on any atom is -0.497 e. The number of nitrogens with one attached hydrogen (secondary N) is 1. The van der Waals surface area contributed by atoms with E-state index in [-0.39, 0.29) is 18.0 Å². The third kappa shape index (κ3) is 3.17. The molecule has 2 aromatic carbocycles. The van der Waals surface area contributed by atoms with Gasteiger partial charge in [0.1, 0.15) is 23.7 Å². The predicted octanol–water partition coefficient (Wildman–Crippen LogP) is 3.81. The fourth-order valence-electron chi connectivity index (χ4n) is 4.64. The summed E-state index contributed by atoms with van der Waals surface area (Å²) in [5.74, 6) is 1.68. The number of aromatic amines is 1. The highest BCUT2D eigenvalue weighted by Gasteiger charge is 2.36. The second kappa shape index (κ2) is 7.58. The van der Waals surface area contributed by atoms with Crippen LogP contribution < -0.4 is 4.74 Å². The number of aromatic nitrogens is 4. The normalized spacial score (nSPS) is 16.9. The highest BCUT2D eigenvalue weighted by Crippen LogP contribution is 2.36.